The van der Waals surface area contributed by atoms with Gasteiger partial charge in [0, 0.05) is 12.1 Å². The van der Waals surface area contributed by atoms with Crippen molar-refractivity contribution in [2.45, 2.75) is 26.8 Å². The van der Waals surface area contributed by atoms with E-state index in [-0.39, 0.29) is 12.2 Å². The summed E-state index contributed by atoms with van der Waals surface area (Å²) in [6.07, 6.45) is 0.274. The predicted molar refractivity (Wildman–Crippen MR) is 84.2 cm³/mol. The molecule has 1 aromatic heterocycles. The lowest BCUT2D eigenvalue weighted by Gasteiger charge is -2.06. The normalized spacial score (nSPS) is 10.8. The van der Waals surface area contributed by atoms with Crippen LogP contribution in [0.25, 0.3) is 0 Å². The number of nitrogen functional groups attached to an aromatic ring is 1. The highest BCUT2D eigenvalue weighted by Gasteiger charge is 2.17. The number of hydrogen-bond donors (Lipinski definition) is 1. The molecule has 0 spiro atoms. The molecule has 106 valence electrons. The molecule has 0 saturated carbocycles. The van der Waals surface area contributed by atoms with E-state index in [9.17, 15) is 4.79 Å². The van der Waals surface area contributed by atoms with E-state index in [2.05, 4.69) is 21.0 Å². The number of halogens is 2. The Hall–Kier alpha value is -1.33. The number of ketones is 1. The Kier molecular flexibility index (Phi) is 4.50. The Balaban J connectivity index is 2.30. The minimum Gasteiger partial charge on any atom is -0.398 e. The second-order valence-electron chi connectivity index (χ2n) is 4.50. The van der Waals surface area contributed by atoms with E-state index in [1.54, 1.807) is 18.2 Å². The van der Waals surface area contributed by atoms with Crippen LogP contribution in [0.3, 0.4) is 0 Å². The van der Waals surface area contributed by atoms with Gasteiger partial charge in [-0.05, 0) is 48.0 Å². The zero-order valence-corrected chi connectivity index (χ0v) is 13.6. The van der Waals surface area contributed by atoms with Crippen LogP contribution in [0.4, 0.5) is 5.69 Å². The SMILES string of the molecule is CCn1nc(C)c(Br)c1CC(=O)c1ccc(Cl)c(N)c1. The molecule has 6 heteroatoms. The van der Waals surface area contributed by atoms with Gasteiger partial charge in [0.05, 0.1) is 33.0 Å². The molecule has 0 aliphatic carbocycles. The molecular formula is C14H15BrClN3O. The van der Waals surface area contributed by atoms with Crippen LogP contribution in [0.1, 0.15) is 28.7 Å². The van der Waals surface area contributed by atoms with Gasteiger partial charge in [0.1, 0.15) is 0 Å². The lowest BCUT2D eigenvalue weighted by atomic mass is 10.1. The Morgan fingerprint density at radius 1 is 1.50 bits per heavy atom. The Labute approximate surface area is 131 Å². The van der Waals surface area contributed by atoms with Gasteiger partial charge in [-0.3, -0.25) is 9.48 Å². The first-order valence-corrected chi connectivity index (χ1v) is 7.41. The fourth-order valence-corrected chi connectivity index (χ4v) is 2.55. The average molecular weight is 357 g/mol. The molecule has 4 nitrogen and oxygen atoms in total. The summed E-state index contributed by atoms with van der Waals surface area (Å²) in [5.74, 6) is -0.0105. The van der Waals surface area contributed by atoms with E-state index in [1.165, 1.54) is 0 Å². The number of aryl methyl sites for hydroxylation is 2. The van der Waals surface area contributed by atoms with Crippen LogP contribution >= 0.6 is 27.5 Å². The van der Waals surface area contributed by atoms with E-state index < -0.39 is 0 Å². The predicted octanol–water partition coefficient (Wildman–Crippen LogP) is 3.63. The van der Waals surface area contributed by atoms with Crippen molar-refractivity contribution >= 4 is 39.0 Å². The number of hydrogen-bond acceptors (Lipinski definition) is 3. The molecule has 1 aromatic carbocycles. The maximum absolute atomic E-state index is 12.3. The molecule has 1 heterocycles. The molecule has 2 N–H and O–H groups in total. The molecule has 2 aromatic rings. The molecule has 0 unspecified atom stereocenters. The van der Waals surface area contributed by atoms with Crippen molar-refractivity contribution in [1.82, 2.24) is 9.78 Å². The molecule has 0 saturated heterocycles. The van der Waals surface area contributed by atoms with Crippen LogP contribution in [-0.4, -0.2) is 15.6 Å². The number of rotatable bonds is 4. The second kappa shape index (κ2) is 5.97. The van der Waals surface area contributed by atoms with Gasteiger partial charge in [0.15, 0.2) is 5.78 Å². The van der Waals surface area contributed by atoms with Gasteiger partial charge in [-0.25, -0.2) is 0 Å². The maximum atomic E-state index is 12.3. The molecule has 2 rings (SSSR count). The number of benzene rings is 1. The fraction of sp³-hybridized carbons (Fsp3) is 0.286. The summed E-state index contributed by atoms with van der Waals surface area (Å²) in [5, 5.41) is 4.83. The Bertz CT molecular complexity index is 667. The topological polar surface area (TPSA) is 60.9 Å². The van der Waals surface area contributed by atoms with E-state index in [0.717, 1.165) is 22.4 Å². The number of nitrogens with two attached hydrogens (primary N) is 1. The quantitative estimate of drug-likeness (QED) is 0.672. The van der Waals surface area contributed by atoms with Crippen LogP contribution in [0.15, 0.2) is 22.7 Å². The van der Waals surface area contributed by atoms with Gasteiger partial charge in [-0.2, -0.15) is 5.10 Å². The first kappa shape index (κ1) is 15.1. The van der Waals surface area contributed by atoms with E-state index >= 15 is 0 Å². The zero-order chi connectivity index (χ0) is 14.9. The third-order valence-corrected chi connectivity index (χ3v) is 4.47. The van der Waals surface area contributed by atoms with Gasteiger partial charge in [-0.15, -0.1) is 0 Å². The smallest absolute Gasteiger partial charge is 0.168 e. The summed E-state index contributed by atoms with van der Waals surface area (Å²) in [6.45, 7) is 4.62. The Morgan fingerprint density at radius 3 is 2.80 bits per heavy atom. The van der Waals surface area contributed by atoms with Crippen molar-refractivity contribution < 1.29 is 4.79 Å². The number of Topliss-reactive ketones (excluding diaryl/α,β-unsaturated/α-hetero) is 1. The number of nitrogens with zero attached hydrogens (tertiary/aromatic N) is 2. The third-order valence-electron chi connectivity index (χ3n) is 3.10. The number of aromatic nitrogens is 2. The Morgan fingerprint density at radius 2 is 2.20 bits per heavy atom. The van der Waals surface area contributed by atoms with Crippen LogP contribution in [0, 0.1) is 6.92 Å². The molecule has 0 atom stereocenters. The van der Waals surface area contributed by atoms with Crippen molar-refractivity contribution in [2.24, 2.45) is 0 Å². The largest absolute Gasteiger partial charge is 0.398 e. The van der Waals surface area contributed by atoms with Gasteiger partial charge in [0.25, 0.3) is 0 Å². The number of anilines is 1. The van der Waals surface area contributed by atoms with E-state index in [1.807, 2.05) is 18.5 Å². The van der Waals surface area contributed by atoms with Crippen molar-refractivity contribution in [3.8, 4) is 0 Å². The highest BCUT2D eigenvalue weighted by molar-refractivity contribution is 9.10. The van der Waals surface area contributed by atoms with Crippen molar-refractivity contribution in [2.75, 3.05) is 5.73 Å². The van der Waals surface area contributed by atoms with E-state index in [4.69, 9.17) is 17.3 Å². The molecule has 0 bridgehead atoms. The van der Waals surface area contributed by atoms with Crippen LogP contribution in [-0.2, 0) is 13.0 Å². The first-order valence-electron chi connectivity index (χ1n) is 6.24. The minimum atomic E-state index is -0.0105. The lowest BCUT2D eigenvalue weighted by Crippen LogP contribution is -2.10. The van der Waals surface area contributed by atoms with Crippen molar-refractivity contribution in [3.63, 3.8) is 0 Å². The fourth-order valence-electron chi connectivity index (χ4n) is 2.01. The molecular weight excluding hydrogens is 342 g/mol. The molecule has 0 radical (unpaired) electrons. The zero-order valence-electron chi connectivity index (χ0n) is 11.3. The highest BCUT2D eigenvalue weighted by atomic mass is 79.9. The molecule has 0 fully saturated rings. The molecule has 20 heavy (non-hydrogen) atoms. The molecule has 0 amide bonds. The second-order valence-corrected chi connectivity index (χ2v) is 5.70. The highest BCUT2D eigenvalue weighted by Crippen LogP contribution is 2.24. The van der Waals surface area contributed by atoms with Crippen LogP contribution in [0.5, 0.6) is 0 Å². The van der Waals surface area contributed by atoms with Crippen LogP contribution < -0.4 is 5.73 Å². The summed E-state index contributed by atoms with van der Waals surface area (Å²) in [4.78, 5) is 12.3. The van der Waals surface area contributed by atoms with E-state index in [0.29, 0.717) is 16.3 Å². The molecule has 0 aliphatic heterocycles. The third kappa shape index (κ3) is 2.88. The summed E-state index contributed by atoms with van der Waals surface area (Å²) in [7, 11) is 0. The standard InChI is InChI=1S/C14H15BrClN3O/c1-3-19-12(14(15)8(2)18-19)7-13(20)9-4-5-10(16)11(17)6-9/h4-6H,3,7,17H2,1-2H3. The van der Waals surface area contributed by atoms with Gasteiger partial charge in [0.2, 0.25) is 0 Å². The maximum Gasteiger partial charge on any atom is 0.168 e. The monoisotopic (exact) mass is 355 g/mol. The van der Waals surface area contributed by atoms with Gasteiger partial charge in [-0.1, -0.05) is 11.6 Å². The van der Waals surface area contributed by atoms with Gasteiger partial charge < -0.3 is 5.73 Å². The minimum absolute atomic E-state index is 0.0105. The summed E-state index contributed by atoms with van der Waals surface area (Å²) < 4.78 is 2.71. The van der Waals surface area contributed by atoms with Crippen molar-refractivity contribution in [3.05, 3.63) is 44.6 Å². The first-order chi connectivity index (χ1) is 9.43. The summed E-state index contributed by atoms with van der Waals surface area (Å²) in [5.41, 5.74) is 8.46. The lowest BCUT2D eigenvalue weighted by molar-refractivity contribution is 0.0990. The van der Waals surface area contributed by atoms with Gasteiger partial charge >= 0.3 is 0 Å². The molecule has 0 aliphatic rings. The number of carbonyl (C=O) groups excluding carboxylic acids is 1. The van der Waals surface area contributed by atoms with Crippen molar-refractivity contribution in [1.29, 1.82) is 0 Å². The summed E-state index contributed by atoms with van der Waals surface area (Å²) >= 11 is 9.35. The average Bonchev–Trinajstić information content (AvgIpc) is 2.69. The number of carbonyl (C=O) groups is 1. The van der Waals surface area contributed by atoms with Crippen LogP contribution in [0.2, 0.25) is 5.02 Å². The summed E-state index contributed by atoms with van der Waals surface area (Å²) in [6, 6.07) is 4.94.